The minimum absolute atomic E-state index is 0.0996. The van der Waals surface area contributed by atoms with Crippen molar-refractivity contribution in [3.05, 3.63) is 54.5 Å². The van der Waals surface area contributed by atoms with E-state index in [4.69, 9.17) is 4.74 Å². The van der Waals surface area contributed by atoms with E-state index in [9.17, 15) is 4.79 Å². The molecule has 0 aliphatic carbocycles. The fourth-order valence-corrected chi connectivity index (χ4v) is 2.14. The summed E-state index contributed by atoms with van der Waals surface area (Å²) < 4.78 is 6.99. The topological polar surface area (TPSA) is 68.5 Å². The van der Waals surface area contributed by atoms with Crippen LogP contribution in [0, 0.1) is 0 Å². The number of aromatic nitrogens is 3. The zero-order chi connectivity index (χ0) is 15.4. The Morgan fingerprint density at radius 1 is 1.27 bits per heavy atom. The normalized spacial score (nSPS) is 10.6. The van der Waals surface area contributed by atoms with E-state index < -0.39 is 0 Å². The highest BCUT2D eigenvalue weighted by Crippen LogP contribution is 2.13. The molecule has 112 valence electrons. The number of nitrogens with zero attached hydrogens (tertiary/aromatic N) is 3. The molecule has 3 rings (SSSR count). The summed E-state index contributed by atoms with van der Waals surface area (Å²) in [6.45, 7) is 2.56. The Morgan fingerprint density at radius 3 is 2.86 bits per heavy atom. The van der Waals surface area contributed by atoms with Crippen LogP contribution in [0.5, 0.6) is 5.75 Å². The summed E-state index contributed by atoms with van der Waals surface area (Å²) in [6, 6.07) is 9.30. The Kier molecular flexibility index (Phi) is 4.00. The number of ether oxygens (including phenoxy) is 1. The van der Waals surface area contributed by atoms with E-state index in [1.807, 2.05) is 31.2 Å². The Bertz CT molecular complexity index is 780. The van der Waals surface area contributed by atoms with Gasteiger partial charge in [-0.1, -0.05) is 12.1 Å². The second-order valence-corrected chi connectivity index (χ2v) is 4.78. The number of benzene rings is 1. The van der Waals surface area contributed by atoms with Crippen LogP contribution in [0.1, 0.15) is 12.5 Å². The van der Waals surface area contributed by atoms with E-state index >= 15 is 0 Å². The summed E-state index contributed by atoms with van der Waals surface area (Å²) in [4.78, 5) is 16.3. The van der Waals surface area contributed by atoms with Gasteiger partial charge in [-0.25, -0.2) is 9.50 Å². The van der Waals surface area contributed by atoms with Crippen molar-refractivity contribution in [3.63, 3.8) is 0 Å². The first-order valence-electron chi connectivity index (χ1n) is 7.05. The maximum absolute atomic E-state index is 12.1. The molecule has 0 saturated carbocycles. The van der Waals surface area contributed by atoms with Crippen LogP contribution >= 0.6 is 0 Å². The van der Waals surface area contributed by atoms with Gasteiger partial charge in [0.05, 0.1) is 37.3 Å². The molecule has 0 unspecified atom stereocenters. The van der Waals surface area contributed by atoms with E-state index in [0.29, 0.717) is 18.7 Å². The van der Waals surface area contributed by atoms with Gasteiger partial charge in [-0.05, 0) is 24.6 Å². The molecule has 0 radical (unpaired) electrons. The van der Waals surface area contributed by atoms with Crippen LogP contribution in [-0.4, -0.2) is 27.1 Å². The standard InChI is InChI=1S/C16H16N4O2/c1-2-22-14-5-3-12(4-6-14)9-16(21)19-13-10-17-15-7-8-18-20(15)11-13/h3-8,10-11H,2,9H2,1H3,(H,19,21). The number of rotatable bonds is 5. The van der Waals surface area contributed by atoms with Gasteiger partial charge in [0.1, 0.15) is 5.75 Å². The molecule has 2 heterocycles. The van der Waals surface area contributed by atoms with Crippen molar-refractivity contribution >= 4 is 17.2 Å². The average molecular weight is 296 g/mol. The highest BCUT2D eigenvalue weighted by Gasteiger charge is 2.06. The molecule has 2 aromatic heterocycles. The molecule has 1 aromatic carbocycles. The molecule has 3 aromatic rings. The van der Waals surface area contributed by atoms with Crippen LogP contribution in [0.2, 0.25) is 0 Å². The van der Waals surface area contributed by atoms with E-state index in [1.165, 1.54) is 0 Å². The molecule has 0 bridgehead atoms. The summed E-state index contributed by atoms with van der Waals surface area (Å²) in [7, 11) is 0. The number of amides is 1. The molecular formula is C16H16N4O2. The summed E-state index contributed by atoms with van der Waals surface area (Å²) in [5.74, 6) is 0.706. The quantitative estimate of drug-likeness (QED) is 0.784. The third-order valence-corrected chi connectivity index (χ3v) is 3.13. The van der Waals surface area contributed by atoms with Gasteiger partial charge in [0, 0.05) is 6.07 Å². The Hall–Kier alpha value is -2.89. The van der Waals surface area contributed by atoms with E-state index in [2.05, 4.69) is 15.4 Å². The number of carbonyl (C=O) groups is 1. The minimum Gasteiger partial charge on any atom is -0.494 e. The first-order valence-corrected chi connectivity index (χ1v) is 7.05. The van der Waals surface area contributed by atoms with E-state index in [1.54, 1.807) is 29.2 Å². The maximum Gasteiger partial charge on any atom is 0.228 e. The van der Waals surface area contributed by atoms with Crippen molar-refractivity contribution in [1.82, 2.24) is 14.6 Å². The fraction of sp³-hybridized carbons (Fsp3) is 0.188. The lowest BCUT2D eigenvalue weighted by atomic mass is 10.1. The van der Waals surface area contributed by atoms with Gasteiger partial charge in [-0.15, -0.1) is 0 Å². The lowest BCUT2D eigenvalue weighted by Gasteiger charge is -2.07. The third-order valence-electron chi connectivity index (χ3n) is 3.13. The largest absolute Gasteiger partial charge is 0.494 e. The molecule has 0 aliphatic rings. The highest BCUT2D eigenvalue weighted by atomic mass is 16.5. The molecule has 0 atom stereocenters. The highest BCUT2D eigenvalue weighted by molar-refractivity contribution is 5.92. The summed E-state index contributed by atoms with van der Waals surface area (Å²) in [5, 5.41) is 6.91. The van der Waals surface area contributed by atoms with Gasteiger partial charge in [-0.2, -0.15) is 5.10 Å². The van der Waals surface area contributed by atoms with E-state index in [-0.39, 0.29) is 5.91 Å². The van der Waals surface area contributed by atoms with Gasteiger partial charge in [-0.3, -0.25) is 4.79 Å². The lowest BCUT2D eigenvalue weighted by Crippen LogP contribution is -2.15. The number of hydrogen-bond donors (Lipinski definition) is 1. The molecular weight excluding hydrogens is 280 g/mol. The molecule has 0 saturated heterocycles. The molecule has 6 nitrogen and oxygen atoms in total. The second kappa shape index (κ2) is 6.26. The lowest BCUT2D eigenvalue weighted by molar-refractivity contribution is -0.115. The van der Waals surface area contributed by atoms with Gasteiger partial charge >= 0.3 is 0 Å². The van der Waals surface area contributed by atoms with E-state index in [0.717, 1.165) is 17.0 Å². The monoisotopic (exact) mass is 296 g/mol. The second-order valence-electron chi connectivity index (χ2n) is 4.78. The van der Waals surface area contributed by atoms with Crippen molar-refractivity contribution in [1.29, 1.82) is 0 Å². The Labute approximate surface area is 127 Å². The molecule has 1 amide bonds. The Balaban J connectivity index is 1.63. The molecule has 22 heavy (non-hydrogen) atoms. The molecule has 0 spiro atoms. The fourth-order valence-electron chi connectivity index (χ4n) is 2.14. The number of hydrogen-bond acceptors (Lipinski definition) is 4. The van der Waals surface area contributed by atoms with Gasteiger partial charge < -0.3 is 10.1 Å². The molecule has 0 aliphatic heterocycles. The molecule has 0 fully saturated rings. The van der Waals surface area contributed by atoms with Crippen molar-refractivity contribution in [2.75, 3.05) is 11.9 Å². The van der Waals surface area contributed by atoms with Crippen molar-refractivity contribution < 1.29 is 9.53 Å². The van der Waals surface area contributed by atoms with Crippen LogP contribution in [0.4, 0.5) is 5.69 Å². The van der Waals surface area contributed by atoms with Crippen molar-refractivity contribution in [2.45, 2.75) is 13.3 Å². The first-order chi connectivity index (χ1) is 10.7. The van der Waals surface area contributed by atoms with Crippen LogP contribution in [0.25, 0.3) is 5.65 Å². The van der Waals surface area contributed by atoms with Gasteiger partial charge in [0.15, 0.2) is 5.65 Å². The first kappa shape index (κ1) is 14.1. The molecule has 1 N–H and O–H groups in total. The number of fused-ring (bicyclic) bond motifs is 1. The smallest absolute Gasteiger partial charge is 0.228 e. The average Bonchev–Trinajstić information content (AvgIpc) is 2.97. The summed E-state index contributed by atoms with van der Waals surface area (Å²) in [6.07, 6.45) is 5.31. The van der Waals surface area contributed by atoms with Crippen molar-refractivity contribution in [3.8, 4) is 5.75 Å². The number of nitrogens with one attached hydrogen (secondary N) is 1. The minimum atomic E-state index is -0.0996. The third kappa shape index (κ3) is 3.22. The SMILES string of the molecule is CCOc1ccc(CC(=O)Nc2cnc3ccnn3c2)cc1. The van der Waals surface area contributed by atoms with Gasteiger partial charge in [0.25, 0.3) is 0 Å². The Morgan fingerprint density at radius 2 is 2.09 bits per heavy atom. The maximum atomic E-state index is 12.1. The summed E-state index contributed by atoms with van der Waals surface area (Å²) in [5.41, 5.74) is 2.28. The van der Waals surface area contributed by atoms with Gasteiger partial charge in [0.2, 0.25) is 5.91 Å². The van der Waals surface area contributed by atoms with Crippen molar-refractivity contribution in [2.24, 2.45) is 0 Å². The predicted octanol–water partition coefficient (Wildman–Crippen LogP) is 2.31. The number of carbonyl (C=O) groups excluding carboxylic acids is 1. The zero-order valence-electron chi connectivity index (χ0n) is 12.2. The predicted molar refractivity (Wildman–Crippen MR) is 82.9 cm³/mol. The van der Waals surface area contributed by atoms with Crippen LogP contribution < -0.4 is 10.1 Å². The zero-order valence-corrected chi connectivity index (χ0v) is 12.2. The van der Waals surface area contributed by atoms with Crippen LogP contribution in [0.15, 0.2) is 48.9 Å². The summed E-state index contributed by atoms with van der Waals surface area (Å²) >= 11 is 0. The van der Waals surface area contributed by atoms with Crippen LogP contribution in [-0.2, 0) is 11.2 Å². The molecule has 6 heteroatoms. The number of anilines is 1. The van der Waals surface area contributed by atoms with Crippen LogP contribution in [0.3, 0.4) is 0 Å².